The van der Waals surface area contributed by atoms with Crippen molar-refractivity contribution < 1.29 is 13.9 Å². The molecule has 0 unspecified atom stereocenters. The van der Waals surface area contributed by atoms with Crippen LogP contribution >= 0.6 is 0 Å². The molecule has 0 radical (unpaired) electrons. The average Bonchev–Trinajstić information content (AvgIpc) is 2.62. The molecule has 0 spiro atoms. The van der Waals surface area contributed by atoms with Crippen LogP contribution in [-0.2, 0) is 4.74 Å². The van der Waals surface area contributed by atoms with Gasteiger partial charge in [-0.15, -0.1) is 0 Å². The Kier molecular flexibility index (Phi) is 2.64. The lowest BCUT2D eigenvalue weighted by molar-refractivity contribution is 0.0520. The highest BCUT2D eigenvalue weighted by Gasteiger charge is 2.12. The fourth-order valence-electron chi connectivity index (χ4n) is 1.65. The molecule has 84 valence electrons. The molecule has 0 saturated carbocycles. The summed E-state index contributed by atoms with van der Waals surface area (Å²) in [6.45, 7) is 3.83. The Hall–Kier alpha value is -1.84. The molecule has 1 N–H and O–H groups in total. The fourth-order valence-corrected chi connectivity index (χ4v) is 1.65. The van der Waals surface area contributed by atoms with E-state index in [0.29, 0.717) is 17.5 Å². The Morgan fingerprint density at radius 3 is 2.88 bits per heavy atom. The Labute approximate surface area is 92.2 Å². The molecule has 1 heterocycles. The van der Waals surface area contributed by atoms with Crippen LogP contribution in [0.2, 0.25) is 0 Å². The third-order valence-electron chi connectivity index (χ3n) is 2.33. The molecule has 0 fully saturated rings. The molecule has 2 aromatic rings. The number of ether oxygens (including phenoxy) is 1. The Morgan fingerprint density at radius 2 is 2.19 bits per heavy atom. The van der Waals surface area contributed by atoms with Crippen molar-refractivity contribution in [2.45, 2.75) is 13.8 Å². The first-order valence-electron chi connectivity index (χ1n) is 5.08. The van der Waals surface area contributed by atoms with Crippen molar-refractivity contribution in [2.24, 2.45) is 0 Å². The number of carbonyl (C=O) groups excluding carboxylic acids is 1. The van der Waals surface area contributed by atoms with E-state index in [0.717, 1.165) is 5.56 Å². The number of H-pyrrole nitrogens is 1. The van der Waals surface area contributed by atoms with Gasteiger partial charge in [0.25, 0.3) is 0 Å². The number of carbonyl (C=O) groups is 1. The van der Waals surface area contributed by atoms with E-state index in [1.165, 1.54) is 12.1 Å². The van der Waals surface area contributed by atoms with Crippen LogP contribution in [0, 0.1) is 12.7 Å². The van der Waals surface area contributed by atoms with Crippen molar-refractivity contribution in [1.82, 2.24) is 4.98 Å². The number of aryl methyl sites for hydroxylation is 1. The van der Waals surface area contributed by atoms with Gasteiger partial charge in [-0.3, -0.25) is 0 Å². The van der Waals surface area contributed by atoms with Gasteiger partial charge in [0.15, 0.2) is 0 Å². The quantitative estimate of drug-likeness (QED) is 0.792. The summed E-state index contributed by atoms with van der Waals surface area (Å²) in [5, 5.41) is 0.411. The Morgan fingerprint density at radius 1 is 1.44 bits per heavy atom. The summed E-state index contributed by atoms with van der Waals surface area (Å²) in [6.07, 6.45) is 0. The zero-order valence-electron chi connectivity index (χ0n) is 9.13. The number of nitrogens with one attached hydrogen (secondary N) is 1. The fraction of sp³-hybridized carbons (Fsp3) is 0.250. The highest BCUT2D eigenvalue weighted by molar-refractivity contribution is 5.95. The molecule has 0 saturated heterocycles. The second kappa shape index (κ2) is 3.96. The van der Waals surface area contributed by atoms with Crippen LogP contribution in [0.4, 0.5) is 4.39 Å². The van der Waals surface area contributed by atoms with Gasteiger partial charge in [0.2, 0.25) is 0 Å². The molecule has 4 heteroatoms. The first-order valence-corrected chi connectivity index (χ1v) is 5.08. The van der Waals surface area contributed by atoms with Gasteiger partial charge in [0.05, 0.1) is 6.61 Å². The van der Waals surface area contributed by atoms with Crippen molar-refractivity contribution >= 4 is 16.9 Å². The average molecular weight is 221 g/mol. The number of rotatable bonds is 2. The zero-order chi connectivity index (χ0) is 11.7. The van der Waals surface area contributed by atoms with E-state index in [9.17, 15) is 9.18 Å². The lowest BCUT2D eigenvalue weighted by Gasteiger charge is -1.96. The van der Waals surface area contributed by atoms with Gasteiger partial charge >= 0.3 is 5.97 Å². The van der Waals surface area contributed by atoms with Crippen molar-refractivity contribution in [1.29, 1.82) is 0 Å². The molecular formula is C12H12FNO2. The number of aromatic amines is 1. The number of fused-ring (bicyclic) bond motifs is 1. The number of hydrogen-bond acceptors (Lipinski definition) is 2. The summed E-state index contributed by atoms with van der Waals surface area (Å²) in [4.78, 5) is 14.3. The molecule has 0 aliphatic rings. The lowest BCUT2D eigenvalue weighted by atomic mass is 10.2. The van der Waals surface area contributed by atoms with Crippen LogP contribution in [0.25, 0.3) is 10.9 Å². The molecular weight excluding hydrogens is 209 g/mol. The minimum Gasteiger partial charge on any atom is -0.461 e. The van der Waals surface area contributed by atoms with Crippen LogP contribution < -0.4 is 0 Å². The summed E-state index contributed by atoms with van der Waals surface area (Å²) in [5.41, 5.74) is 1.70. The zero-order valence-corrected chi connectivity index (χ0v) is 9.13. The number of halogens is 1. The SMILES string of the molecule is CCOC(=O)c1cc2c(F)cc(C)cc2[nH]1. The Balaban J connectivity index is 2.51. The maximum atomic E-state index is 13.5. The second-order valence-electron chi connectivity index (χ2n) is 3.61. The smallest absolute Gasteiger partial charge is 0.354 e. The molecule has 0 aliphatic heterocycles. The number of esters is 1. The van der Waals surface area contributed by atoms with Gasteiger partial charge < -0.3 is 9.72 Å². The van der Waals surface area contributed by atoms with Crippen LogP contribution in [0.1, 0.15) is 23.0 Å². The van der Waals surface area contributed by atoms with Gasteiger partial charge in [0.1, 0.15) is 11.5 Å². The first kappa shape index (κ1) is 10.7. The maximum absolute atomic E-state index is 13.5. The van der Waals surface area contributed by atoms with Crippen molar-refractivity contribution in [3.05, 3.63) is 35.3 Å². The maximum Gasteiger partial charge on any atom is 0.354 e. The predicted molar refractivity (Wildman–Crippen MR) is 59.0 cm³/mol. The van der Waals surface area contributed by atoms with Crippen molar-refractivity contribution in [2.75, 3.05) is 6.61 Å². The topological polar surface area (TPSA) is 42.1 Å². The normalized spacial score (nSPS) is 10.7. The van der Waals surface area contributed by atoms with Crippen molar-refractivity contribution in [3.63, 3.8) is 0 Å². The predicted octanol–water partition coefficient (Wildman–Crippen LogP) is 2.79. The third-order valence-corrected chi connectivity index (χ3v) is 2.33. The van der Waals surface area contributed by atoms with E-state index >= 15 is 0 Å². The third kappa shape index (κ3) is 1.78. The highest BCUT2D eigenvalue weighted by atomic mass is 19.1. The first-order chi connectivity index (χ1) is 7.61. The summed E-state index contributed by atoms with van der Waals surface area (Å²) in [5.74, 6) is -0.794. The van der Waals surface area contributed by atoms with E-state index in [-0.39, 0.29) is 11.5 Å². The summed E-state index contributed by atoms with van der Waals surface area (Å²) in [7, 11) is 0. The minimum absolute atomic E-state index is 0.279. The van der Waals surface area contributed by atoms with Crippen LogP contribution in [0.3, 0.4) is 0 Å². The molecule has 0 amide bonds. The second-order valence-corrected chi connectivity index (χ2v) is 3.61. The molecule has 16 heavy (non-hydrogen) atoms. The Bertz CT molecular complexity index is 545. The van der Waals surface area contributed by atoms with Gasteiger partial charge in [-0.05, 0) is 37.6 Å². The van der Waals surface area contributed by atoms with Crippen LogP contribution in [0.5, 0.6) is 0 Å². The summed E-state index contributed by atoms with van der Waals surface area (Å²) in [6, 6.07) is 4.70. The van der Waals surface area contributed by atoms with E-state index in [1.54, 1.807) is 19.9 Å². The van der Waals surface area contributed by atoms with E-state index in [4.69, 9.17) is 4.74 Å². The van der Waals surface area contributed by atoms with Gasteiger partial charge in [-0.2, -0.15) is 0 Å². The molecule has 2 rings (SSSR count). The van der Waals surface area contributed by atoms with Crippen LogP contribution in [-0.4, -0.2) is 17.6 Å². The van der Waals surface area contributed by atoms with Gasteiger partial charge in [0, 0.05) is 10.9 Å². The van der Waals surface area contributed by atoms with Gasteiger partial charge in [-0.1, -0.05) is 0 Å². The number of hydrogen-bond donors (Lipinski definition) is 1. The monoisotopic (exact) mass is 221 g/mol. The molecule has 1 aromatic heterocycles. The molecule has 1 aromatic carbocycles. The molecule has 0 bridgehead atoms. The number of aromatic nitrogens is 1. The summed E-state index contributed by atoms with van der Waals surface area (Å²) < 4.78 is 18.4. The molecule has 3 nitrogen and oxygen atoms in total. The van der Waals surface area contributed by atoms with E-state index in [1.807, 2.05) is 0 Å². The molecule has 0 atom stereocenters. The van der Waals surface area contributed by atoms with Gasteiger partial charge in [-0.25, -0.2) is 9.18 Å². The summed E-state index contributed by atoms with van der Waals surface area (Å²) >= 11 is 0. The van der Waals surface area contributed by atoms with Crippen molar-refractivity contribution in [3.8, 4) is 0 Å². The lowest BCUT2D eigenvalue weighted by Crippen LogP contribution is -2.04. The number of benzene rings is 1. The standard InChI is InChI=1S/C12H12FNO2/c1-3-16-12(15)11-6-8-9(13)4-7(2)5-10(8)14-11/h4-6,14H,3H2,1-2H3. The minimum atomic E-state index is -0.462. The largest absolute Gasteiger partial charge is 0.461 e. The van der Waals surface area contributed by atoms with Crippen LogP contribution in [0.15, 0.2) is 18.2 Å². The highest BCUT2D eigenvalue weighted by Crippen LogP contribution is 2.21. The van der Waals surface area contributed by atoms with E-state index in [2.05, 4.69) is 4.98 Å². The molecule has 0 aliphatic carbocycles. The van der Waals surface area contributed by atoms with E-state index < -0.39 is 5.97 Å².